The minimum Gasteiger partial charge on any atom is -0.495 e. The van der Waals surface area contributed by atoms with Crippen molar-refractivity contribution >= 4 is 29.1 Å². The molecule has 1 unspecified atom stereocenters. The molecule has 0 spiro atoms. The van der Waals surface area contributed by atoms with Gasteiger partial charge in [-0.05, 0) is 54.8 Å². The Morgan fingerprint density at radius 1 is 1.06 bits per heavy atom. The van der Waals surface area contributed by atoms with Crippen LogP contribution in [0.1, 0.15) is 46.4 Å². The second-order valence-electron chi connectivity index (χ2n) is 8.50. The number of rotatable bonds is 9. The normalized spacial score (nSPS) is 13.2. The van der Waals surface area contributed by atoms with E-state index in [1.165, 1.54) is 7.11 Å². The van der Waals surface area contributed by atoms with Gasteiger partial charge in [-0.3, -0.25) is 9.59 Å². The van der Waals surface area contributed by atoms with Crippen molar-refractivity contribution in [2.45, 2.75) is 32.9 Å². The first-order valence-electron chi connectivity index (χ1n) is 11.7. The average Bonchev–Trinajstić information content (AvgIpc) is 3.21. The quantitative estimate of drug-likeness (QED) is 0.396. The number of carbonyl (C=O) groups is 2. The highest BCUT2D eigenvalue weighted by Crippen LogP contribution is 2.38. The van der Waals surface area contributed by atoms with Crippen LogP contribution in [0.4, 0.5) is 5.69 Å². The Bertz CT molecular complexity index is 1290. The first kappa shape index (κ1) is 25.4. The fourth-order valence-corrected chi connectivity index (χ4v) is 4.56. The molecule has 1 aliphatic heterocycles. The van der Waals surface area contributed by atoms with Gasteiger partial charge in [-0.1, -0.05) is 35.9 Å². The van der Waals surface area contributed by atoms with Crippen molar-refractivity contribution in [3.8, 4) is 17.2 Å². The molecule has 8 heteroatoms. The summed E-state index contributed by atoms with van der Waals surface area (Å²) >= 11 is 6.22. The first-order chi connectivity index (χ1) is 17.4. The number of benzene rings is 3. The van der Waals surface area contributed by atoms with E-state index in [9.17, 15) is 9.59 Å². The van der Waals surface area contributed by atoms with Gasteiger partial charge in [0, 0.05) is 23.2 Å². The molecule has 1 atom stereocenters. The number of nitrogens with one attached hydrogen (secondary N) is 1. The first-order valence-corrected chi connectivity index (χ1v) is 12.1. The molecule has 1 aliphatic rings. The van der Waals surface area contributed by atoms with Crippen LogP contribution in [0.15, 0.2) is 54.6 Å². The van der Waals surface area contributed by atoms with Crippen LogP contribution in [0.5, 0.6) is 17.2 Å². The van der Waals surface area contributed by atoms with Gasteiger partial charge in [0.15, 0.2) is 11.5 Å². The van der Waals surface area contributed by atoms with Crippen molar-refractivity contribution in [2.75, 3.05) is 26.1 Å². The topological polar surface area (TPSA) is 77.1 Å². The predicted molar refractivity (Wildman–Crippen MR) is 139 cm³/mol. The van der Waals surface area contributed by atoms with Crippen LogP contribution in [-0.4, -0.2) is 37.5 Å². The Balaban J connectivity index is 1.67. The number of amides is 2. The maximum absolute atomic E-state index is 13.4. The monoisotopic (exact) mass is 508 g/mol. The summed E-state index contributed by atoms with van der Waals surface area (Å²) < 4.78 is 16.6. The summed E-state index contributed by atoms with van der Waals surface area (Å²) in [5.41, 5.74) is 3.68. The van der Waals surface area contributed by atoms with E-state index in [-0.39, 0.29) is 18.2 Å². The average molecular weight is 509 g/mol. The van der Waals surface area contributed by atoms with Crippen molar-refractivity contribution in [3.63, 3.8) is 0 Å². The molecule has 0 saturated heterocycles. The lowest BCUT2D eigenvalue weighted by atomic mass is 10.0. The van der Waals surface area contributed by atoms with Gasteiger partial charge >= 0.3 is 0 Å². The largest absolute Gasteiger partial charge is 0.495 e. The van der Waals surface area contributed by atoms with E-state index in [0.717, 1.165) is 16.7 Å². The van der Waals surface area contributed by atoms with Gasteiger partial charge in [0.05, 0.1) is 39.0 Å². The number of nitrogens with zero attached hydrogens (tertiary/aromatic N) is 1. The van der Waals surface area contributed by atoms with Crippen LogP contribution < -0.4 is 19.5 Å². The smallest absolute Gasteiger partial charge is 0.255 e. The molecule has 1 N–H and O–H groups in total. The lowest BCUT2D eigenvalue weighted by Gasteiger charge is -2.28. The third-order valence-corrected chi connectivity index (χ3v) is 6.64. The SMILES string of the molecule is CCOc1ccc(C(CC(=O)Nc2cc(C)c(Cl)cc2OC)N2Cc3ccccc3C2=O)cc1OC. The summed E-state index contributed by atoms with van der Waals surface area (Å²) in [4.78, 5) is 28.4. The van der Waals surface area contributed by atoms with Crippen molar-refractivity contribution < 1.29 is 23.8 Å². The second-order valence-corrected chi connectivity index (χ2v) is 8.91. The fourth-order valence-electron chi connectivity index (χ4n) is 4.41. The van der Waals surface area contributed by atoms with Crippen molar-refractivity contribution in [1.29, 1.82) is 0 Å². The maximum atomic E-state index is 13.4. The minimum absolute atomic E-state index is 0.0295. The molecule has 4 rings (SSSR count). The highest BCUT2D eigenvalue weighted by molar-refractivity contribution is 6.31. The van der Waals surface area contributed by atoms with Crippen LogP contribution >= 0.6 is 11.6 Å². The summed E-state index contributed by atoms with van der Waals surface area (Å²) in [6.07, 6.45) is 0.0295. The Hall–Kier alpha value is -3.71. The summed E-state index contributed by atoms with van der Waals surface area (Å²) in [5, 5.41) is 3.48. The standard InChI is InChI=1S/C28H29ClN2O5/c1-5-36-24-11-10-18(13-26(24)35-4)23(31-16-19-8-6-7-9-20(19)28(31)33)15-27(32)30-22-12-17(2)21(29)14-25(22)34-3/h6-14,23H,5,15-16H2,1-4H3,(H,30,32). The number of aryl methyl sites for hydroxylation is 1. The molecule has 1 heterocycles. The number of halogens is 1. The fraction of sp³-hybridized carbons (Fsp3) is 0.286. The van der Waals surface area contributed by atoms with Gasteiger partial charge in [0.1, 0.15) is 5.75 Å². The molecular formula is C28H29ClN2O5. The lowest BCUT2D eigenvalue weighted by Crippen LogP contribution is -2.32. The number of hydrogen-bond donors (Lipinski definition) is 1. The van der Waals surface area contributed by atoms with E-state index < -0.39 is 6.04 Å². The maximum Gasteiger partial charge on any atom is 0.255 e. The van der Waals surface area contributed by atoms with Crippen LogP contribution in [0.2, 0.25) is 5.02 Å². The van der Waals surface area contributed by atoms with E-state index in [1.807, 2.05) is 56.3 Å². The predicted octanol–water partition coefficient (Wildman–Crippen LogP) is 5.79. The number of hydrogen-bond acceptors (Lipinski definition) is 5. The third-order valence-electron chi connectivity index (χ3n) is 6.23. The van der Waals surface area contributed by atoms with Gasteiger partial charge in [-0.25, -0.2) is 0 Å². The van der Waals surface area contributed by atoms with Gasteiger partial charge in [-0.15, -0.1) is 0 Å². The molecule has 0 fully saturated rings. The van der Waals surface area contributed by atoms with Gasteiger partial charge in [0.2, 0.25) is 5.91 Å². The number of ether oxygens (including phenoxy) is 3. The van der Waals surface area contributed by atoms with Crippen LogP contribution in [0, 0.1) is 6.92 Å². The van der Waals surface area contributed by atoms with Crippen LogP contribution in [0.25, 0.3) is 0 Å². The molecule has 188 valence electrons. The molecular weight excluding hydrogens is 480 g/mol. The Kier molecular flexibility index (Phi) is 7.70. The molecule has 3 aromatic carbocycles. The van der Waals surface area contributed by atoms with Crippen LogP contribution in [0.3, 0.4) is 0 Å². The molecule has 0 aliphatic carbocycles. The third kappa shape index (κ3) is 5.11. The van der Waals surface area contributed by atoms with Gasteiger partial charge < -0.3 is 24.4 Å². The van der Waals surface area contributed by atoms with Gasteiger partial charge in [0.25, 0.3) is 5.91 Å². The zero-order valence-corrected chi connectivity index (χ0v) is 21.5. The zero-order chi connectivity index (χ0) is 25.8. The Labute approximate surface area is 215 Å². The highest BCUT2D eigenvalue weighted by atomic mass is 35.5. The van der Waals surface area contributed by atoms with E-state index in [2.05, 4.69) is 5.32 Å². The number of anilines is 1. The minimum atomic E-state index is -0.533. The summed E-state index contributed by atoms with van der Waals surface area (Å²) in [6.45, 7) is 4.65. The van der Waals surface area contributed by atoms with Crippen molar-refractivity contribution in [1.82, 2.24) is 4.90 Å². The molecule has 0 saturated carbocycles. The molecule has 0 radical (unpaired) electrons. The van der Waals surface area contributed by atoms with Crippen molar-refractivity contribution in [3.05, 3.63) is 81.9 Å². The highest BCUT2D eigenvalue weighted by Gasteiger charge is 2.35. The zero-order valence-electron chi connectivity index (χ0n) is 20.8. The molecule has 0 aromatic heterocycles. The Morgan fingerprint density at radius 3 is 2.50 bits per heavy atom. The summed E-state index contributed by atoms with van der Waals surface area (Å²) in [6, 6.07) is 15.9. The molecule has 3 aromatic rings. The van der Waals surface area contributed by atoms with E-state index >= 15 is 0 Å². The van der Waals surface area contributed by atoms with Crippen LogP contribution in [-0.2, 0) is 11.3 Å². The molecule has 7 nitrogen and oxygen atoms in total. The molecule has 0 bridgehead atoms. The number of fused-ring (bicyclic) bond motifs is 1. The summed E-state index contributed by atoms with van der Waals surface area (Å²) in [5.74, 6) is 1.22. The molecule has 2 amide bonds. The van der Waals surface area contributed by atoms with E-state index in [0.29, 0.717) is 46.7 Å². The molecule has 36 heavy (non-hydrogen) atoms. The Morgan fingerprint density at radius 2 is 1.81 bits per heavy atom. The van der Waals surface area contributed by atoms with E-state index in [4.69, 9.17) is 25.8 Å². The van der Waals surface area contributed by atoms with E-state index in [1.54, 1.807) is 24.1 Å². The number of methoxy groups -OCH3 is 2. The number of carbonyl (C=O) groups excluding carboxylic acids is 2. The van der Waals surface area contributed by atoms with Crippen molar-refractivity contribution in [2.24, 2.45) is 0 Å². The lowest BCUT2D eigenvalue weighted by molar-refractivity contribution is -0.117. The summed E-state index contributed by atoms with van der Waals surface area (Å²) in [7, 11) is 3.08. The second kappa shape index (κ2) is 10.9. The van der Waals surface area contributed by atoms with Gasteiger partial charge in [-0.2, -0.15) is 0 Å².